The Labute approximate surface area is 183 Å². The van der Waals surface area contributed by atoms with Crippen molar-refractivity contribution >= 4 is 11.6 Å². The number of rotatable bonds is 8. The highest BCUT2D eigenvalue weighted by Crippen LogP contribution is 2.42. The van der Waals surface area contributed by atoms with Crippen LogP contribution in [0.2, 0.25) is 0 Å². The molecular weight excluding hydrogens is 380 g/mol. The van der Waals surface area contributed by atoms with E-state index in [0.29, 0.717) is 24.0 Å². The van der Waals surface area contributed by atoms with Crippen LogP contribution in [-0.4, -0.2) is 11.6 Å². The van der Waals surface area contributed by atoms with Crippen LogP contribution in [0.25, 0.3) is 0 Å². The highest BCUT2D eigenvalue weighted by Gasteiger charge is 2.52. The van der Waals surface area contributed by atoms with Gasteiger partial charge in [-0.15, -0.1) is 13.2 Å². The van der Waals surface area contributed by atoms with E-state index in [4.69, 9.17) is 0 Å². The van der Waals surface area contributed by atoms with Gasteiger partial charge in [-0.05, 0) is 47.9 Å². The molecule has 1 aliphatic rings. The Morgan fingerprint density at radius 3 is 1.29 bits per heavy atom. The van der Waals surface area contributed by atoms with Crippen LogP contribution in [0.1, 0.15) is 43.0 Å². The molecule has 0 aromatic heterocycles. The van der Waals surface area contributed by atoms with Crippen LogP contribution in [0.15, 0.2) is 98.1 Å². The molecule has 31 heavy (non-hydrogen) atoms. The molecule has 0 radical (unpaired) electrons. The van der Waals surface area contributed by atoms with Crippen LogP contribution in [0.4, 0.5) is 0 Å². The number of hydrogen-bond donors (Lipinski definition) is 0. The third-order valence-electron chi connectivity index (χ3n) is 6.10. The van der Waals surface area contributed by atoms with E-state index in [2.05, 4.69) is 13.2 Å². The first-order chi connectivity index (χ1) is 15.1. The summed E-state index contributed by atoms with van der Waals surface area (Å²) in [7, 11) is 0. The van der Waals surface area contributed by atoms with E-state index in [1.807, 2.05) is 72.8 Å². The summed E-state index contributed by atoms with van der Waals surface area (Å²) in [5, 5.41) is 0. The first-order valence-corrected chi connectivity index (χ1v) is 10.6. The molecule has 2 nitrogen and oxygen atoms in total. The SMILES string of the molecule is C=CCc1ccc(CC2(Cc3ccc(CC=C)cc3)C(=O)c3ccccc3C2=O)cc1. The van der Waals surface area contributed by atoms with Crippen LogP contribution < -0.4 is 0 Å². The summed E-state index contributed by atoms with van der Waals surface area (Å²) in [5.74, 6) is -0.142. The predicted octanol–water partition coefficient (Wildman–Crippen LogP) is 5.99. The van der Waals surface area contributed by atoms with Gasteiger partial charge in [0.1, 0.15) is 5.41 Å². The Balaban J connectivity index is 1.72. The highest BCUT2D eigenvalue weighted by molar-refractivity contribution is 6.29. The lowest BCUT2D eigenvalue weighted by Gasteiger charge is -2.26. The predicted molar refractivity (Wildman–Crippen MR) is 126 cm³/mol. The van der Waals surface area contributed by atoms with Crippen LogP contribution in [-0.2, 0) is 25.7 Å². The normalized spacial score (nSPS) is 14.3. The topological polar surface area (TPSA) is 34.1 Å². The molecule has 0 heterocycles. The number of Topliss-reactive ketones (excluding diaryl/α,β-unsaturated/α-hetero) is 2. The van der Waals surface area contributed by atoms with Crippen molar-refractivity contribution in [2.75, 3.05) is 0 Å². The van der Waals surface area contributed by atoms with Crippen molar-refractivity contribution in [1.82, 2.24) is 0 Å². The molecule has 0 aliphatic heterocycles. The zero-order chi connectivity index (χ0) is 21.8. The summed E-state index contributed by atoms with van der Waals surface area (Å²) in [6, 6.07) is 23.5. The van der Waals surface area contributed by atoms with Crippen molar-refractivity contribution in [3.63, 3.8) is 0 Å². The van der Waals surface area contributed by atoms with E-state index in [1.165, 1.54) is 0 Å². The summed E-state index contributed by atoms with van der Waals surface area (Å²) in [5.41, 5.74) is 4.29. The lowest BCUT2D eigenvalue weighted by atomic mass is 9.72. The molecule has 0 spiro atoms. The molecule has 0 atom stereocenters. The number of benzene rings is 3. The monoisotopic (exact) mass is 406 g/mol. The molecule has 0 N–H and O–H groups in total. The maximum Gasteiger partial charge on any atom is 0.178 e. The fourth-order valence-electron chi connectivity index (χ4n) is 4.50. The van der Waals surface area contributed by atoms with Crippen molar-refractivity contribution in [1.29, 1.82) is 0 Å². The number of carbonyl (C=O) groups excluding carboxylic acids is 2. The van der Waals surface area contributed by atoms with Gasteiger partial charge in [0.15, 0.2) is 11.6 Å². The number of allylic oxidation sites excluding steroid dienone is 2. The van der Waals surface area contributed by atoms with Crippen molar-refractivity contribution in [3.8, 4) is 0 Å². The fourth-order valence-corrected chi connectivity index (χ4v) is 4.50. The molecule has 3 aromatic rings. The quantitative estimate of drug-likeness (QED) is 0.340. The lowest BCUT2D eigenvalue weighted by Crippen LogP contribution is -2.38. The maximum absolute atomic E-state index is 13.6. The van der Waals surface area contributed by atoms with Crippen molar-refractivity contribution in [3.05, 3.63) is 131 Å². The van der Waals surface area contributed by atoms with Gasteiger partial charge in [-0.1, -0.05) is 84.9 Å². The van der Waals surface area contributed by atoms with E-state index in [1.54, 1.807) is 12.1 Å². The number of carbonyl (C=O) groups is 2. The second-order valence-electron chi connectivity index (χ2n) is 8.26. The van der Waals surface area contributed by atoms with E-state index in [-0.39, 0.29) is 11.6 Å². The van der Waals surface area contributed by atoms with Gasteiger partial charge in [0, 0.05) is 11.1 Å². The van der Waals surface area contributed by atoms with Crippen molar-refractivity contribution in [2.45, 2.75) is 25.7 Å². The van der Waals surface area contributed by atoms with Crippen LogP contribution in [0, 0.1) is 5.41 Å². The minimum Gasteiger partial charge on any atom is -0.293 e. The Hall–Kier alpha value is -3.52. The van der Waals surface area contributed by atoms with Gasteiger partial charge in [0.05, 0.1) is 0 Å². The standard InChI is InChI=1S/C29H26O2/c1-3-7-21-11-15-23(16-12-21)19-29(20-24-17-13-22(8-4-2)14-18-24)27(30)25-9-5-6-10-26(25)28(29)31/h3-6,9-18H,1-2,7-8,19-20H2. The summed E-state index contributed by atoms with van der Waals surface area (Å²) in [6.45, 7) is 7.57. The van der Waals surface area contributed by atoms with Crippen LogP contribution >= 0.6 is 0 Å². The molecule has 2 heteroatoms. The van der Waals surface area contributed by atoms with Gasteiger partial charge in [0.2, 0.25) is 0 Å². The fraction of sp³-hybridized carbons (Fsp3) is 0.172. The third-order valence-corrected chi connectivity index (χ3v) is 6.10. The largest absolute Gasteiger partial charge is 0.293 e. The van der Waals surface area contributed by atoms with E-state index >= 15 is 0 Å². The molecule has 0 bridgehead atoms. The van der Waals surface area contributed by atoms with E-state index in [0.717, 1.165) is 35.1 Å². The van der Waals surface area contributed by atoms with Gasteiger partial charge in [-0.3, -0.25) is 9.59 Å². The van der Waals surface area contributed by atoms with Crippen molar-refractivity contribution < 1.29 is 9.59 Å². The Kier molecular flexibility index (Phi) is 5.81. The Morgan fingerprint density at radius 2 is 0.935 bits per heavy atom. The molecule has 1 aliphatic carbocycles. The molecule has 0 fully saturated rings. The van der Waals surface area contributed by atoms with E-state index in [9.17, 15) is 9.59 Å². The Bertz CT molecular complexity index is 1040. The van der Waals surface area contributed by atoms with Gasteiger partial charge >= 0.3 is 0 Å². The molecule has 154 valence electrons. The second-order valence-corrected chi connectivity index (χ2v) is 8.26. The summed E-state index contributed by atoms with van der Waals surface area (Å²) < 4.78 is 0. The minimum absolute atomic E-state index is 0.0709. The molecule has 0 unspecified atom stereocenters. The molecular formula is C29H26O2. The molecule has 4 rings (SSSR count). The zero-order valence-corrected chi connectivity index (χ0v) is 17.6. The first kappa shape index (κ1) is 20.7. The maximum atomic E-state index is 13.6. The zero-order valence-electron chi connectivity index (χ0n) is 17.6. The molecule has 3 aromatic carbocycles. The molecule has 0 saturated carbocycles. The smallest absolute Gasteiger partial charge is 0.178 e. The summed E-state index contributed by atoms with van der Waals surface area (Å²) in [4.78, 5) is 27.3. The van der Waals surface area contributed by atoms with Gasteiger partial charge < -0.3 is 0 Å². The third kappa shape index (κ3) is 3.94. The second kappa shape index (κ2) is 8.69. The molecule has 0 amide bonds. The van der Waals surface area contributed by atoms with Gasteiger partial charge in [-0.25, -0.2) is 0 Å². The minimum atomic E-state index is -1.11. The highest BCUT2D eigenvalue weighted by atomic mass is 16.2. The van der Waals surface area contributed by atoms with E-state index < -0.39 is 5.41 Å². The van der Waals surface area contributed by atoms with Crippen LogP contribution in [0.5, 0.6) is 0 Å². The first-order valence-electron chi connectivity index (χ1n) is 10.6. The summed E-state index contributed by atoms with van der Waals surface area (Å²) >= 11 is 0. The average Bonchev–Trinajstić information content (AvgIpc) is 2.99. The van der Waals surface area contributed by atoms with Crippen molar-refractivity contribution in [2.24, 2.45) is 5.41 Å². The molecule has 0 saturated heterocycles. The van der Waals surface area contributed by atoms with Gasteiger partial charge in [0.25, 0.3) is 0 Å². The summed E-state index contributed by atoms with van der Waals surface area (Å²) in [6.07, 6.45) is 6.11. The average molecular weight is 407 g/mol. The number of hydrogen-bond acceptors (Lipinski definition) is 2. The van der Waals surface area contributed by atoms with Crippen LogP contribution in [0.3, 0.4) is 0 Å². The number of ketones is 2. The Morgan fingerprint density at radius 1 is 0.581 bits per heavy atom. The number of fused-ring (bicyclic) bond motifs is 1. The van der Waals surface area contributed by atoms with Gasteiger partial charge in [-0.2, -0.15) is 0 Å². The lowest BCUT2D eigenvalue weighted by molar-refractivity contribution is 0.0695.